The van der Waals surface area contributed by atoms with Crippen molar-refractivity contribution in [3.63, 3.8) is 0 Å². The Kier molecular flexibility index (Phi) is 7.67. The third-order valence-corrected chi connectivity index (χ3v) is 4.94. The summed E-state index contributed by atoms with van der Waals surface area (Å²) in [6, 6.07) is 5.62. The third kappa shape index (κ3) is 6.21. The Morgan fingerprint density at radius 2 is 2.00 bits per heavy atom. The number of nitrogens with zero attached hydrogens (tertiary/aromatic N) is 3. The van der Waals surface area contributed by atoms with Crippen LogP contribution in [0.3, 0.4) is 0 Å². The summed E-state index contributed by atoms with van der Waals surface area (Å²) in [6.07, 6.45) is 7.28. The number of rotatable bonds is 8. The molecule has 1 fully saturated rings. The number of anilines is 2. The van der Waals surface area contributed by atoms with Crippen LogP contribution >= 0.6 is 0 Å². The van der Waals surface area contributed by atoms with Crippen LogP contribution in [0.5, 0.6) is 0 Å². The van der Waals surface area contributed by atoms with Gasteiger partial charge in [-0.15, -0.1) is 0 Å². The Labute approximate surface area is 173 Å². The first-order chi connectivity index (χ1) is 14.5. The molecule has 0 spiro atoms. The average molecular weight is 417 g/mol. The van der Waals surface area contributed by atoms with Gasteiger partial charge in [-0.05, 0) is 49.3 Å². The zero-order chi connectivity index (χ0) is 21.3. The van der Waals surface area contributed by atoms with Gasteiger partial charge in [0.25, 0.3) is 0 Å². The van der Waals surface area contributed by atoms with E-state index in [4.69, 9.17) is 14.6 Å². The van der Waals surface area contributed by atoms with Gasteiger partial charge in [0.2, 0.25) is 0 Å². The van der Waals surface area contributed by atoms with E-state index in [1.165, 1.54) is 41.7 Å². The number of benzene rings is 1. The van der Waals surface area contributed by atoms with Gasteiger partial charge in [0, 0.05) is 12.4 Å². The molecule has 3 rings (SSSR count). The number of halogens is 1. The Balaban J connectivity index is 1.61. The molecule has 1 aromatic carbocycles. The van der Waals surface area contributed by atoms with Crippen molar-refractivity contribution >= 4 is 23.6 Å². The molecule has 8 nitrogen and oxygen atoms in total. The molecule has 0 saturated heterocycles. The van der Waals surface area contributed by atoms with Crippen molar-refractivity contribution in [3.8, 4) is 0 Å². The standard InChI is InChI=1S/C21H24FN3O5/c22-17-5-2-6-18(10-17)25(19-11-23-7-8-24-19)21(28)30-13-16-4-1-3-15(9-16)12-29-14-20(26)27/h2,5-8,10-11,15-16H,1,3-4,9,12-14H2,(H,26,27). The molecule has 1 N–H and O–H groups in total. The zero-order valence-corrected chi connectivity index (χ0v) is 16.4. The van der Waals surface area contributed by atoms with Crippen LogP contribution in [-0.4, -0.2) is 47.0 Å². The van der Waals surface area contributed by atoms with Gasteiger partial charge in [-0.3, -0.25) is 4.98 Å². The highest BCUT2D eigenvalue weighted by Gasteiger charge is 2.26. The quantitative estimate of drug-likeness (QED) is 0.697. The van der Waals surface area contributed by atoms with Crippen molar-refractivity contribution in [2.75, 3.05) is 24.7 Å². The molecule has 1 saturated carbocycles. The topological polar surface area (TPSA) is 102 Å². The summed E-state index contributed by atoms with van der Waals surface area (Å²) in [5.74, 6) is -0.849. The molecule has 0 aliphatic heterocycles. The number of hydrogen-bond acceptors (Lipinski definition) is 6. The largest absolute Gasteiger partial charge is 0.480 e. The van der Waals surface area contributed by atoms with Gasteiger partial charge in [0.15, 0.2) is 5.82 Å². The second kappa shape index (κ2) is 10.6. The monoisotopic (exact) mass is 417 g/mol. The second-order valence-corrected chi connectivity index (χ2v) is 7.26. The van der Waals surface area contributed by atoms with Crippen molar-refractivity contribution in [1.29, 1.82) is 0 Å². The molecule has 1 aliphatic rings. The van der Waals surface area contributed by atoms with Crippen molar-refractivity contribution in [3.05, 3.63) is 48.7 Å². The van der Waals surface area contributed by atoms with Gasteiger partial charge in [0.1, 0.15) is 12.4 Å². The number of amides is 1. The lowest BCUT2D eigenvalue weighted by Crippen LogP contribution is -2.31. The summed E-state index contributed by atoms with van der Waals surface area (Å²) in [6.45, 7) is 0.281. The van der Waals surface area contributed by atoms with Crippen molar-refractivity contribution in [2.45, 2.75) is 25.7 Å². The van der Waals surface area contributed by atoms with Crippen molar-refractivity contribution in [1.82, 2.24) is 9.97 Å². The van der Waals surface area contributed by atoms with Crippen LogP contribution in [0.25, 0.3) is 0 Å². The number of carbonyl (C=O) groups excluding carboxylic acids is 1. The van der Waals surface area contributed by atoms with Gasteiger partial charge in [0.05, 0.1) is 25.1 Å². The number of carbonyl (C=O) groups is 2. The normalized spacial score (nSPS) is 18.6. The van der Waals surface area contributed by atoms with Crippen LogP contribution in [0.15, 0.2) is 42.9 Å². The summed E-state index contributed by atoms with van der Waals surface area (Å²) in [4.78, 5) is 32.7. The summed E-state index contributed by atoms with van der Waals surface area (Å²) in [5.41, 5.74) is 0.295. The van der Waals surface area contributed by atoms with E-state index in [1.807, 2.05) is 0 Å². The highest BCUT2D eigenvalue weighted by molar-refractivity contribution is 5.94. The summed E-state index contributed by atoms with van der Waals surface area (Å²) in [5, 5.41) is 8.68. The Bertz CT molecular complexity index is 852. The predicted octanol–water partition coefficient (Wildman–Crippen LogP) is 3.80. The maximum absolute atomic E-state index is 13.7. The molecule has 9 heteroatoms. The summed E-state index contributed by atoms with van der Waals surface area (Å²) >= 11 is 0. The van der Waals surface area contributed by atoms with Gasteiger partial charge in [-0.25, -0.2) is 23.9 Å². The van der Waals surface area contributed by atoms with Crippen LogP contribution in [0.4, 0.5) is 20.7 Å². The molecule has 2 atom stereocenters. The van der Waals surface area contributed by atoms with Crippen molar-refractivity contribution in [2.24, 2.45) is 11.8 Å². The molecule has 1 amide bonds. The molecule has 30 heavy (non-hydrogen) atoms. The maximum atomic E-state index is 13.7. The minimum atomic E-state index is -0.988. The van der Waals surface area contributed by atoms with Crippen LogP contribution in [-0.2, 0) is 14.3 Å². The minimum Gasteiger partial charge on any atom is -0.480 e. The van der Waals surface area contributed by atoms with Crippen LogP contribution in [0.2, 0.25) is 0 Å². The SMILES string of the molecule is O=C(O)COCC1CCCC(COC(=O)N(c2cccc(F)c2)c2cnccn2)C1. The lowest BCUT2D eigenvalue weighted by molar-refractivity contribution is -0.142. The lowest BCUT2D eigenvalue weighted by atomic mass is 9.82. The maximum Gasteiger partial charge on any atom is 0.420 e. The Morgan fingerprint density at radius 1 is 1.20 bits per heavy atom. The average Bonchev–Trinajstić information content (AvgIpc) is 2.73. The van der Waals surface area contributed by atoms with Gasteiger partial charge < -0.3 is 14.6 Å². The van der Waals surface area contributed by atoms with Crippen LogP contribution < -0.4 is 4.90 Å². The molecule has 1 aliphatic carbocycles. The Hall–Kier alpha value is -3.07. The van der Waals surface area contributed by atoms with E-state index in [0.717, 1.165) is 25.7 Å². The number of ether oxygens (including phenoxy) is 2. The number of aromatic nitrogens is 2. The first-order valence-corrected chi connectivity index (χ1v) is 9.81. The molecule has 1 heterocycles. The van der Waals surface area contributed by atoms with E-state index < -0.39 is 17.9 Å². The summed E-state index contributed by atoms with van der Waals surface area (Å²) < 4.78 is 24.5. The first-order valence-electron chi connectivity index (χ1n) is 9.81. The second-order valence-electron chi connectivity index (χ2n) is 7.26. The van der Waals surface area contributed by atoms with Crippen LogP contribution in [0.1, 0.15) is 25.7 Å². The molecular formula is C21H24FN3O5. The van der Waals surface area contributed by atoms with E-state index in [2.05, 4.69) is 9.97 Å². The number of hydrogen-bond donors (Lipinski definition) is 1. The predicted molar refractivity (Wildman–Crippen MR) is 106 cm³/mol. The van der Waals surface area contributed by atoms with Crippen molar-refractivity contribution < 1.29 is 28.6 Å². The smallest absolute Gasteiger partial charge is 0.420 e. The number of carboxylic acids is 1. The molecule has 2 unspecified atom stereocenters. The molecule has 0 radical (unpaired) electrons. The molecule has 1 aromatic heterocycles. The lowest BCUT2D eigenvalue weighted by Gasteiger charge is -2.29. The van der Waals surface area contributed by atoms with E-state index in [0.29, 0.717) is 12.3 Å². The fourth-order valence-electron chi connectivity index (χ4n) is 3.62. The first kappa shape index (κ1) is 21.6. The van der Waals surface area contributed by atoms with E-state index >= 15 is 0 Å². The number of aliphatic carboxylic acids is 1. The Morgan fingerprint density at radius 3 is 2.70 bits per heavy atom. The van der Waals surface area contributed by atoms with E-state index in [9.17, 15) is 14.0 Å². The zero-order valence-electron chi connectivity index (χ0n) is 16.4. The molecule has 0 bridgehead atoms. The van der Waals surface area contributed by atoms with Gasteiger partial charge in [-0.1, -0.05) is 12.5 Å². The molecular weight excluding hydrogens is 393 g/mol. The summed E-state index contributed by atoms with van der Waals surface area (Å²) in [7, 11) is 0. The third-order valence-electron chi connectivity index (χ3n) is 4.94. The molecule has 160 valence electrons. The molecule has 2 aromatic rings. The van der Waals surface area contributed by atoms with E-state index in [-0.39, 0.29) is 30.9 Å². The van der Waals surface area contributed by atoms with Crippen LogP contribution in [0, 0.1) is 17.7 Å². The number of carboxylic acid groups (broad SMARTS) is 1. The van der Waals surface area contributed by atoms with Gasteiger partial charge in [-0.2, -0.15) is 0 Å². The van der Waals surface area contributed by atoms with Gasteiger partial charge >= 0.3 is 12.1 Å². The fourth-order valence-corrected chi connectivity index (χ4v) is 3.62. The fraction of sp³-hybridized carbons (Fsp3) is 0.429. The van der Waals surface area contributed by atoms with E-state index in [1.54, 1.807) is 6.07 Å². The highest BCUT2D eigenvalue weighted by Crippen LogP contribution is 2.30. The minimum absolute atomic E-state index is 0.150. The highest BCUT2D eigenvalue weighted by atomic mass is 19.1.